The molecule has 2 fully saturated rings. The Hall–Kier alpha value is -2.24. The van der Waals surface area contributed by atoms with Crippen molar-refractivity contribution in [3.05, 3.63) is 29.8 Å². The van der Waals surface area contributed by atoms with Crippen LogP contribution in [0, 0.1) is 11.8 Å². The number of guanidine groups is 1. The number of hydrogen-bond donors (Lipinski definition) is 2. The fourth-order valence-corrected chi connectivity index (χ4v) is 4.18. The first-order chi connectivity index (χ1) is 13.2. The van der Waals surface area contributed by atoms with Gasteiger partial charge in [0.1, 0.15) is 5.75 Å². The van der Waals surface area contributed by atoms with Gasteiger partial charge in [0, 0.05) is 31.7 Å². The maximum atomic E-state index is 12.2. The van der Waals surface area contributed by atoms with Gasteiger partial charge in [0.05, 0.1) is 13.7 Å². The lowest BCUT2D eigenvalue weighted by atomic mass is 9.82. The smallest absolute Gasteiger partial charge is 0.251 e. The Bertz CT molecular complexity index is 630. The van der Waals surface area contributed by atoms with E-state index in [0.29, 0.717) is 18.7 Å². The maximum absolute atomic E-state index is 12.2. The first kappa shape index (κ1) is 19.5. The third-order valence-corrected chi connectivity index (χ3v) is 5.62. The summed E-state index contributed by atoms with van der Waals surface area (Å²) in [5, 5.41) is 6.36. The predicted octanol–water partition coefficient (Wildman–Crippen LogP) is 2.51. The zero-order chi connectivity index (χ0) is 19.1. The highest BCUT2D eigenvalue weighted by Gasteiger charge is 2.35. The monoisotopic (exact) mass is 372 g/mol. The number of carbonyl (C=O) groups excluding carboxylic acids is 1. The van der Waals surface area contributed by atoms with Crippen molar-refractivity contribution >= 4 is 11.9 Å². The molecular formula is C21H32N4O2. The summed E-state index contributed by atoms with van der Waals surface area (Å²) in [6.07, 6.45) is 5.47. The fraction of sp³-hybridized carbons (Fsp3) is 0.619. The van der Waals surface area contributed by atoms with E-state index in [1.807, 2.05) is 0 Å². The molecule has 2 N–H and O–H groups in total. The van der Waals surface area contributed by atoms with Gasteiger partial charge in [-0.05, 0) is 55.9 Å². The predicted molar refractivity (Wildman–Crippen MR) is 108 cm³/mol. The van der Waals surface area contributed by atoms with Crippen LogP contribution in [0.25, 0.3) is 0 Å². The second-order valence-electron chi connectivity index (χ2n) is 7.43. The lowest BCUT2D eigenvalue weighted by Crippen LogP contribution is -2.41. The second kappa shape index (κ2) is 9.62. The van der Waals surface area contributed by atoms with Crippen LogP contribution in [0.2, 0.25) is 0 Å². The Labute approximate surface area is 162 Å². The van der Waals surface area contributed by atoms with Crippen LogP contribution in [0.5, 0.6) is 5.75 Å². The summed E-state index contributed by atoms with van der Waals surface area (Å²) in [6.45, 7) is 6.31. The SMILES string of the molecule is CCNC(=NCCNC(=O)c1ccc(OC)cc1)N1CC2CCCCC2C1. The summed E-state index contributed by atoms with van der Waals surface area (Å²) in [7, 11) is 1.62. The average Bonchev–Trinajstić information content (AvgIpc) is 3.14. The van der Waals surface area contributed by atoms with Gasteiger partial charge in [-0.1, -0.05) is 12.8 Å². The van der Waals surface area contributed by atoms with Crippen molar-refractivity contribution in [3.8, 4) is 5.75 Å². The molecule has 6 heteroatoms. The van der Waals surface area contributed by atoms with Crippen molar-refractivity contribution < 1.29 is 9.53 Å². The molecule has 27 heavy (non-hydrogen) atoms. The molecule has 2 aliphatic rings. The van der Waals surface area contributed by atoms with Crippen LogP contribution in [0.4, 0.5) is 0 Å². The summed E-state index contributed by atoms with van der Waals surface area (Å²) in [5.41, 5.74) is 0.635. The van der Waals surface area contributed by atoms with Gasteiger partial charge in [0.15, 0.2) is 5.96 Å². The molecule has 148 valence electrons. The number of nitrogens with one attached hydrogen (secondary N) is 2. The molecule has 1 aromatic rings. The number of likely N-dealkylation sites (tertiary alicyclic amines) is 1. The normalized spacial score (nSPS) is 22.3. The van der Waals surface area contributed by atoms with Crippen molar-refractivity contribution in [2.45, 2.75) is 32.6 Å². The van der Waals surface area contributed by atoms with E-state index in [9.17, 15) is 4.79 Å². The fourth-order valence-electron chi connectivity index (χ4n) is 4.18. The van der Waals surface area contributed by atoms with Crippen molar-refractivity contribution in [2.75, 3.05) is 39.8 Å². The van der Waals surface area contributed by atoms with Gasteiger partial charge in [-0.3, -0.25) is 9.79 Å². The second-order valence-corrected chi connectivity index (χ2v) is 7.43. The van der Waals surface area contributed by atoms with Gasteiger partial charge in [-0.25, -0.2) is 0 Å². The zero-order valence-corrected chi connectivity index (χ0v) is 16.5. The van der Waals surface area contributed by atoms with E-state index in [-0.39, 0.29) is 5.91 Å². The summed E-state index contributed by atoms with van der Waals surface area (Å²) >= 11 is 0. The van der Waals surface area contributed by atoms with Crippen LogP contribution < -0.4 is 15.4 Å². The molecule has 1 heterocycles. The van der Waals surface area contributed by atoms with Crippen LogP contribution in [0.1, 0.15) is 43.0 Å². The van der Waals surface area contributed by atoms with E-state index in [4.69, 9.17) is 9.73 Å². The Balaban J connectivity index is 1.49. The van der Waals surface area contributed by atoms with Crippen molar-refractivity contribution in [1.82, 2.24) is 15.5 Å². The highest BCUT2D eigenvalue weighted by molar-refractivity contribution is 5.94. The van der Waals surface area contributed by atoms with Gasteiger partial charge in [0.25, 0.3) is 5.91 Å². The molecule has 1 aliphatic heterocycles. The van der Waals surface area contributed by atoms with Crippen LogP contribution in [0.15, 0.2) is 29.3 Å². The van der Waals surface area contributed by atoms with Crippen LogP contribution >= 0.6 is 0 Å². The number of nitrogens with zero attached hydrogens (tertiary/aromatic N) is 2. The standard InChI is InChI=1S/C21H32N4O2/c1-3-22-21(25-14-17-6-4-5-7-18(17)15-25)24-13-12-23-20(26)16-8-10-19(27-2)11-9-16/h8-11,17-18H,3-7,12-15H2,1-2H3,(H,22,24)(H,23,26). The molecule has 1 saturated heterocycles. The van der Waals surface area contributed by atoms with Crippen LogP contribution in [0.3, 0.4) is 0 Å². The van der Waals surface area contributed by atoms with Gasteiger partial charge in [0.2, 0.25) is 0 Å². The average molecular weight is 373 g/mol. The largest absolute Gasteiger partial charge is 0.497 e. The van der Waals surface area contributed by atoms with Gasteiger partial charge >= 0.3 is 0 Å². The molecule has 0 spiro atoms. The molecule has 1 amide bonds. The van der Waals surface area contributed by atoms with Crippen molar-refractivity contribution in [3.63, 3.8) is 0 Å². The molecule has 0 aromatic heterocycles. The first-order valence-corrected chi connectivity index (χ1v) is 10.2. The lowest BCUT2D eigenvalue weighted by Gasteiger charge is -2.22. The van der Waals surface area contributed by atoms with E-state index >= 15 is 0 Å². The number of fused-ring (bicyclic) bond motifs is 1. The first-order valence-electron chi connectivity index (χ1n) is 10.2. The Morgan fingerprint density at radius 2 is 1.81 bits per heavy atom. The molecule has 0 radical (unpaired) electrons. The Kier molecular flexibility index (Phi) is 6.96. The molecule has 1 aliphatic carbocycles. The summed E-state index contributed by atoms with van der Waals surface area (Å²) in [5.74, 6) is 3.32. The highest BCUT2D eigenvalue weighted by Crippen LogP contribution is 2.35. The zero-order valence-electron chi connectivity index (χ0n) is 16.5. The third kappa shape index (κ3) is 5.15. The Morgan fingerprint density at radius 1 is 1.15 bits per heavy atom. The summed E-state index contributed by atoms with van der Waals surface area (Å²) in [4.78, 5) is 19.4. The topological polar surface area (TPSA) is 66.0 Å². The highest BCUT2D eigenvalue weighted by atomic mass is 16.5. The van der Waals surface area contributed by atoms with E-state index in [1.54, 1.807) is 31.4 Å². The van der Waals surface area contributed by atoms with Gasteiger partial charge in [-0.15, -0.1) is 0 Å². The third-order valence-electron chi connectivity index (χ3n) is 5.62. The molecule has 0 bridgehead atoms. The summed E-state index contributed by atoms with van der Waals surface area (Å²) in [6, 6.07) is 7.13. The number of carbonyl (C=O) groups is 1. The number of ether oxygens (including phenoxy) is 1. The maximum Gasteiger partial charge on any atom is 0.251 e. The minimum absolute atomic E-state index is 0.0787. The Morgan fingerprint density at radius 3 is 2.41 bits per heavy atom. The number of hydrogen-bond acceptors (Lipinski definition) is 3. The number of aliphatic imine (C=N–C) groups is 1. The molecule has 3 rings (SSSR count). The van der Waals surface area contributed by atoms with Crippen LogP contribution in [-0.4, -0.2) is 56.6 Å². The minimum atomic E-state index is -0.0787. The molecule has 1 saturated carbocycles. The molecule has 1 aromatic carbocycles. The molecular weight excluding hydrogens is 340 g/mol. The molecule has 2 atom stereocenters. The van der Waals surface area contributed by atoms with E-state index < -0.39 is 0 Å². The minimum Gasteiger partial charge on any atom is -0.497 e. The summed E-state index contributed by atoms with van der Waals surface area (Å²) < 4.78 is 5.12. The number of amides is 1. The number of rotatable bonds is 6. The van der Waals surface area contributed by atoms with E-state index in [1.165, 1.54) is 25.7 Å². The van der Waals surface area contributed by atoms with Gasteiger partial charge in [-0.2, -0.15) is 0 Å². The van der Waals surface area contributed by atoms with E-state index in [0.717, 1.165) is 43.2 Å². The lowest BCUT2D eigenvalue weighted by molar-refractivity contribution is 0.0954. The van der Waals surface area contributed by atoms with E-state index in [2.05, 4.69) is 22.5 Å². The molecule has 6 nitrogen and oxygen atoms in total. The van der Waals surface area contributed by atoms with Gasteiger partial charge < -0.3 is 20.3 Å². The van der Waals surface area contributed by atoms with Crippen molar-refractivity contribution in [2.24, 2.45) is 16.8 Å². The van der Waals surface area contributed by atoms with Crippen molar-refractivity contribution in [1.29, 1.82) is 0 Å². The van der Waals surface area contributed by atoms with Crippen LogP contribution in [-0.2, 0) is 0 Å². The number of methoxy groups -OCH3 is 1. The quantitative estimate of drug-likeness (QED) is 0.457. The molecule has 2 unspecified atom stereocenters. The number of benzene rings is 1.